The summed E-state index contributed by atoms with van der Waals surface area (Å²) in [6.07, 6.45) is 0.384. The highest BCUT2D eigenvalue weighted by Crippen LogP contribution is 2.48. The summed E-state index contributed by atoms with van der Waals surface area (Å²) in [5, 5.41) is 13.3. The lowest BCUT2D eigenvalue weighted by Crippen LogP contribution is -2.28. The van der Waals surface area contributed by atoms with E-state index in [4.69, 9.17) is 4.74 Å². The molecular formula is C27H24F3N5O3. The molecule has 196 valence electrons. The van der Waals surface area contributed by atoms with Gasteiger partial charge in [-0.2, -0.15) is 8.78 Å². The molecule has 11 heteroatoms. The number of aliphatic hydroxyl groups is 1. The third-order valence-electron chi connectivity index (χ3n) is 7.14. The first-order valence-corrected chi connectivity index (χ1v) is 12.1. The molecule has 2 bridgehead atoms. The van der Waals surface area contributed by atoms with E-state index < -0.39 is 36.0 Å². The first-order valence-electron chi connectivity index (χ1n) is 12.1. The summed E-state index contributed by atoms with van der Waals surface area (Å²) in [7, 11) is 0. The summed E-state index contributed by atoms with van der Waals surface area (Å²) in [5.74, 6) is -0.291. The number of nitrogens with one attached hydrogen (secondary N) is 1. The largest absolute Gasteiger partial charge is 0.434 e. The molecule has 2 aliphatic rings. The molecular weight excluding hydrogens is 499 g/mol. The Balaban J connectivity index is 1.57. The number of aromatic nitrogens is 4. The summed E-state index contributed by atoms with van der Waals surface area (Å²) in [5.41, 5.74) is 1.97. The first kappa shape index (κ1) is 24.4. The van der Waals surface area contributed by atoms with Crippen LogP contribution in [0.5, 0.6) is 5.75 Å². The highest BCUT2D eigenvalue weighted by molar-refractivity contribution is 5.98. The van der Waals surface area contributed by atoms with Gasteiger partial charge in [-0.25, -0.2) is 19.3 Å². The van der Waals surface area contributed by atoms with Crippen LogP contribution in [-0.2, 0) is 5.60 Å². The number of halogens is 3. The molecule has 2 N–H and O–H groups in total. The van der Waals surface area contributed by atoms with Gasteiger partial charge in [0.25, 0.3) is 5.91 Å². The number of alkyl halides is 2. The van der Waals surface area contributed by atoms with Crippen LogP contribution in [0.4, 0.5) is 13.2 Å². The molecule has 0 radical (unpaired) electrons. The van der Waals surface area contributed by atoms with Gasteiger partial charge in [0.15, 0.2) is 5.82 Å². The van der Waals surface area contributed by atoms with Crippen molar-refractivity contribution in [1.82, 2.24) is 24.8 Å². The molecule has 2 aliphatic heterocycles. The van der Waals surface area contributed by atoms with Crippen LogP contribution in [-0.4, -0.2) is 37.1 Å². The predicted octanol–water partition coefficient (Wildman–Crippen LogP) is 4.86. The van der Waals surface area contributed by atoms with Gasteiger partial charge in [-0.05, 0) is 52.3 Å². The molecule has 2 atom stereocenters. The van der Waals surface area contributed by atoms with Crippen LogP contribution >= 0.6 is 0 Å². The van der Waals surface area contributed by atoms with Gasteiger partial charge in [0.2, 0.25) is 0 Å². The quantitative estimate of drug-likeness (QED) is 0.396. The number of carbonyl (C=O) groups is 1. The SMILES string of the molecule is Cc1nc(C(C)(C)O)nc(C)c1-c1cc2c(cc1F)nc1n2[C@@H]2C[C@H]1NC(=O)c1cccc(OC(F)F)c12. The van der Waals surface area contributed by atoms with E-state index in [1.165, 1.54) is 18.2 Å². The third kappa shape index (κ3) is 3.64. The van der Waals surface area contributed by atoms with Crippen molar-refractivity contribution in [3.8, 4) is 16.9 Å². The fraction of sp³-hybridized carbons (Fsp3) is 0.333. The van der Waals surface area contributed by atoms with Crippen molar-refractivity contribution >= 4 is 16.9 Å². The Morgan fingerprint density at radius 3 is 2.50 bits per heavy atom. The molecule has 6 rings (SSSR count). The number of aryl methyl sites for hydroxylation is 2. The number of rotatable bonds is 4. The van der Waals surface area contributed by atoms with E-state index in [-0.39, 0.29) is 22.7 Å². The minimum absolute atomic E-state index is 0.0855. The van der Waals surface area contributed by atoms with Crippen molar-refractivity contribution in [2.45, 2.75) is 58.4 Å². The lowest BCUT2D eigenvalue weighted by atomic mass is 9.97. The van der Waals surface area contributed by atoms with Gasteiger partial charge in [0.05, 0.1) is 23.1 Å². The number of benzene rings is 2. The van der Waals surface area contributed by atoms with E-state index in [9.17, 15) is 18.7 Å². The Morgan fingerprint density at radius 1 is 1.13 bits per heavy atom. The topological polar surface area (TPSA) is 102 Å². The third-order valence-corrected chi connectivity index (χ3v) is 7.14. The highest BCUT2D eigenvalue weighted by atomic mass is 19.3. The maximum Gasteiger partial charge on any atom is 0.387 e. The average Bonchev–Trinajstić information content (AvgIpc) is 3.29. The fourth-order valence-corrected chi connectivity index (χ4v) is 5.60. The lowest BCUT2D eigenvalue weighted by Gasteiger charge is -2.21. The molecule has 1 amide bonds. The van der Waals surface area contributed by atoms with Gasteiger partial charge in [0, 0.05) is 39.7 Å². The molecule has 0 fully saturated rings. The van der Waals surface area contributed by atoms with Gasteiger partial charge in [0.1, 0.15) is 23.0 Å². The maximum absolute atomic E-state index is 15.5. The predicted molar refractivity (Wildman–Crippen MR) is 131 cm³/mol. The van der Waals surface area contributed by atoms with Crippen LogP contribution in [0.15, 0.2) is 30.3 Å². The second kappa shape index (κ2) is 8.26. The van der Waals surface area contributed by atoms with Gasteiger partial charge < -0.3 is 19.7 Å². The molecule has 2 aromatic heterocycles. The van der Waals surface area contributed by atoms with Crippen molar-refractivity contribution < 1.29 is 27.8 Å². The fourth-order valence-electron chi connectivity index (χ4n) is 5.60. The number of amides is 1. The van der Waals surface area contributed by atoms with E-state index in [0.29, 0.717) is 45.8 Å². The second-order valence-corrected chi connectivity index (χ2v) is 10.2. The zero-order valence-corrected chi connectivity index (χ0v) is 21.0. The van der Waals surface area contributed by atoms with Crippen LogP contribution < -0.4 is 10.1 Å². The van der Waals surface area contributed by atoms with Gasteiger partial charge in [-0.3, -0.25) is 4.79 Å². The smallest absolute Gasteiger partial charge is 0.387 e. The molecule has 2 aromatic carbocycles. The second-order valence-electron chi connectivity index (χ2n) is 10.2. The minimum Gasteiger partial charge on any atom is -0.434 e. The molecule has 8 nitrogen and oxygen atoms in total. The van der Waals surface area contributed by atoms with Gasteiger partial charge in [-0.15, -0.1) is 0 Å². The number of nitrogens with zero attached hydrogens (tertiary/aromatic N) is 4. The Labute approximate surface area is 215 Å². The molecule has 38 heavy (non-hydrogen) atoms. The van der Waals surface area contributed by atoms with Crippen molar-refractivity contribution in [3.05, 3.63) is 70.3 Å². The summed E-state index contributed by atoms with van der Waals surface area (Å²) in [6.45, 7) is 3.53. The number of hydrogen-bond acceptors (Lipinski definition) is 6. The van der Waals surface area contributed by atoms with Crippen LogP contribution in [0.3, 0.4) is 0 Å². The normalized spacial score (nSPS) is 18.4. The molecule has 0 saturated heterocycles. The zero-order valence-electron chi connectivity index (χ0n) is 21.0. The van der Waals surface area contributed by atoms with Crippen molar-refractivity contribution in [3.63, 3.8) is 0 Å². The lowest BCUT2D eigenvalue weighted by molar-refractivity contribution is -0.0507. The summed E-state index contributed by atoms with van der Waals surface area (Å²) >= 11 is 0. The number of fused-ring (bicyclic) bond motifs is 9. The number of hydrogen-bond donors (Lipinski definition) is 2. The van der Waals surface area contributed by atoms with Crippen molar-refractivity contribution in [2.75, 3.05) is 0 Å². The van der Waals surface area contributed by atoms with E-state index in [1.807, 2.05) is 4.57 Å². The van der Waals surface area contributed by atoms with Crippen LogP contribution in [0.1, 0.15) is 71.3 Å². The van der Waals surface area contributed by atoms with Gasteiger partial charge in [-0.1, -0.05) is 6.07 Å². The number of imidazole rings is 1. The Morgan fingerprint density at radius 2 is 1.84 bits per heavy atom. The van der Waals surface area contributed by atoms with Crippen molar-refractivity contribution in [2.24, 2.45) is 0 Å². The maximum atomic E-state index is 15.5. The average molecular weight is 524 g/mol. The standard InChI is InChI=1S/C27H24F3N5O3/c1-11-21(12(2)32-25(31-11)27(3,4)37)14-8-18-16(9-15(14)28)33-23-17-10-19(35(18)23)22-13(24(36)34-17)6-5-7-20(22)38-26(29)30/h5-9,17,19,26,37H,10H2,1-4H3,(H,34,36)/t17-,19-/m1/s1. The van der Waals surface area contributed by atoms with E-state index >= 15 is 4.39 Å². The molecule has 0 saturated carbocycles. The van der Waals surface area contributed by atoms with Crippen LogP contribution in [0.2, 0.25) is 0 Å². The highest BCUT2D eigenvalue weighted by Gasteiger charge is 2.42. The van der Waals surface area contributed by atoms with Crippen molar-refractivity contribution in [1.29, 1.82) is 0 Å². The molecule has 0 aliphatic carbocycles. The van der Waals surface area contributed by atoms with Crippen LogP contribution in [0, 0.1) is 19.7 Å². The Bertz CT molecular complexity index is 1620. The summed E-state index contributed by atoms with van der Waals surface area (Å²) < 4.78 is 48.7. The van der Waals surface area contributed by atoms with Gasteiger partial charge >= 0.3 is 6.61 Å². The summed E-state index contributed by atoms with van der Waals surface area (Å²) in [4.78, 5) is 26.4. The van der Waals surface area contributed by atoms with E-state index in [0.717, 1.165) is 0 Å². The molecule has 0 spiro atoms. The Hall–Kier alpha value is -3.99. The number of ether oxygens (including phenoxy) is 1. The van der Waals surface area contributed by atoms with E-state index in [1.54, 1.807) is 39.8 Å². The molecule has 0 unspecified atom stereocenters. The minimum atomic E-state index is -3.07. The van der Waals surface area contributed by atoms with E-state index in [2.05, 4.69) is 20.3 Å². The zero-order chi connectivity index (χ0) is 27.1. The first-order chi connectivity index (χ1) is 17.9. The molecule has 4 aromatic rings. The van der Waals surface area contributed by atoms with Crippen LogP contribution in [0.25, 0.3) is 22.2 Å². The molecule has 4 heterocycles. The summed E-state index contributed by atoms with van der Waals surface area (Å²) in [6, 6.07) is 6.41. The number of carbonyl (C=O) groups excluding carboxylic acids is 1. The monoisotopic (exact) mass is 523 g/mol. The Kier molecular flexibility index (Phi) is 5.29.